The summed E-state index contributed by atoms with van der Waals surface area (Å²) in [7, 11) is 0. The molecule has 0 bridgehead atoms. The van der Waals surface area contributed by atoms with Gasteiger partial charge in [-0.2, -0.15) is 10.1 Å². The van der Waals surface area contributed by atoms with Gasteiger partial charge in [-0.3, -0.25) is 9.89 Å². The zero-order valence-electron chi connectivity index (χ0n) is 14.5. The largest absolute Gasteiger partial charge is 0.339 e. The molecule has 8 heteroatoms. The van der Waals surface area contributed by atoms with Crippen molar-refractivity contribution in [1.82, 2.24) is 30.2 Å². The van der Waals surface area contributed by atoms with Gasteiger partial charge in [0.2, 0.25) is 5.89 Å². The molecule has 0 radical (unpaired) electrons. The van der Waals surface area contributed by atoms with Crippen LogP contribution in [0.15, 0.2) is 16.8 Å². The number of carbonyl (C=O) groups is 1. The van der Waals surface area contributed by atoms with Gasteiger partial charge in [0.05, 0.1) is 11.6 Å². The number of hydrogen-bond acceptors (Lipinski definition) is 6. The van der Waals surface area contributed by atoms with E-state index in [4.69, 9.17) is 4.52 Å². The van der Waals surface area contributed by atoms with Crippen LogP contribution >= 0.6 is 0 Å². The van der Waals surface area contributed by atoms with Crippen LogP contribution in [0, 0.1) is 6.92 Å². The summed E-state index contributed by atoms with van der Waals surface area (Å²) in [6.45, 7) is 6.60. The van der Waals surface area contributed by atoms with E-state index in [1.54, 1.807) is 6.20 Å². The van der Waals surface area contributed by atoms with Crippen molar-refractivity contribution in [3.8, 4) is 0 Å². The Labute approximate surface area is 144 Å². The second kappa shape index (κ2) is 5.94. The quantitative estimate of drug-likeness (QED) is 0.787. The zero-order chi connectivity index (χ0) is 17.6. The molecule has 3 aromatic rings. The van der Waals surface area contributed by atoms with E-state index < -0.39 is 0 Å². The summed E-state index contributed by atoms with van der Waals surface area (Å²) >= 11 is 0. The smallest absolute Gasteiger partial charge is 0.256 e. The molecule has 1 N–H and O–H groups in total. The van der Waals surface area contributed by atoms with Crippen molar-refractivity contribution in [3.63, 3.8) is 0 Å². The summed E-state index contributed by atoms with van der Waals surface area (Å²) in [6, 6.07) is 1.69. The third-order valence-corrected chi connectivity index (χ3v) is 4.61. The molecule has 3 aromatic heterocycles. The van der Waals surface area contributed by atoms with Crippen molar-refractivity contribution >= 4 is 16.9 Å². The number of rotatable bonds is 3. The summed E-state index contributed by atoms with van der Waals surface area (Å²) in [4.78, 5) is 23.6. The first-order chi connectivity index (χ1) is 12.0. The number of hydrogen-bond donors (Lipinski definition) is 1. The number of amides is 1. The number of nitrogens with one attached hydrogen (secondary N) is 1. The van der Waals surface area contributed by atoms with E-state index in [9.17, 15) is 4.79 Å². The van der Waals surface area contributed by atoms with E-state index in [2.05, 4.69) is 25.3 Å². The van der Waals surface area contributed by atoms with Gasteiger partial charge in [0.1, 0.15) is 0 Å². The molecule has 8 nitrogen and oxygen atoms in total. The van der Waals surface area contributed by atoms with Crippen LogP contribution in [0.5, 0.6) is 0 Å². The maximum atomic E-state index is 13.0. The van der Waals surface area contributed by atoms with Gasteiger partial charge in [-0.05, 0) is 25.8 Å². The van der Waals surface area contributed by atoms with Crippen LogP contribution in [0.2, 0.25) is 0 Å². The minimum Gasteiger partial charge on any atom is -0.339 e. The minimum atomic E-state index is -0.148. The van der Waals surface area contributed by atoms with Gasteiger partial charge in [0.15, 0.2) is 11.5 Å². The fraction of sp³-hybridized carbons (Fsp3) is 0.471. The van der Waals surface area contributed by atoms with Crippen molar-refractivity contribution in [2.45, 2.75) is 45.6 Å². The van der Waals surface area contributed by atoms with Crippen molar-refractivity contribution in [2.24, 2.45) is 0 Å². The first kappa shape index (κ1) is 15.7. The molecule has 0 unspecified atom stereocenters. The van der Waals surface area contributed by atoms with Crippen molar-refractivity contribution in [3.05, 3.63) is 35.2 Å². The number of nitrogens with zero attached hydrogens (tertiary/aromatic N) is 5. The van der Waals surface area contributed by atoms with E-state index in [1.165, 1.54) is 0 Å². The summed E-state index contributed by atoms with van der Waals surface area (Å²) in [5.41, 5.74) is 2.07. The van der Waals surface area contributed by atoms with Gasteiger partial charge in [0, 0.05) is 29.7 Å². The Bertz CT molecular complexity index is 928. The number of aryl methyl sites for hydroxylation is 1. The van der Waals surface area contributed by atoms with Gasteiger partial charge < -0.3 is 9.42 Å². The second-order valence-corrected chi connectivity index (χ2v) is 6.75. The molecule has 25 heavy (non-hydrogen) atoms. The Morgan fingerprint density at radius 1 is 1.44 bits per heavy atom. The zero-order valence-corrected chi connectivity index (χ0v) is 14.5. The van der Waals surface area contributed by atoms with Gasteiger partial charge in [0.25, 0.3) is 5.91 Å². The molecule has 1 atom stereocenters. The molecule has 1 aliphatic heterocycles. The molecule has 0 aliphatic carbocycles. The van der Waals surface area contributed by atoms with Crippen LogP contribution in [0.3, 0.4) is 0 Å². The van der Waals surface area contributed by atoms with Crippen LogP contribution < -0.4 is 0 Å². The molecule has 130 valence electrons. The van der Waals surface area contributed by atoms with E-state index in [1.807, 2.05) is 31.7 Å². The van der Waals surface area contributed by atoms with E-state index >= 15 is 0 Å². The maximum Gasteiger partial charge on any atom is 0.256 e. The van der Waals surface area contributed by atoms with Crippen LogP contribution in [-0.2, 0) is 0 Å². The highest BCUT2D eigenvalue weighted by molar-refractivity contribution is 5.97. The Hall–Kier alpha value is -2.77. The molecule has 4 heterocycles. The lowest BCUT2D eigenvalue weighted by Gasteiger charge is -2.22. The highest BCUT2D eigenvalue weighted by Gasteiger charge is 2.34. The number of carbonyl (C=O) groups excluding carboxylic acids is 1. The standard InChI is InChI=1S/C17H20N6O2/c1-9(2)16-19-15(22-25-16)13-5-4-6-23(13)17(24)11-7-12-10(3)20-21-14(12)18-8-11/h7-9,13H,4-6H2,1-3H3,(H,18,20,21)/t13-/m0/s1. The highest BCUT2D eigenvalue weighted by Crippen LogP contribution is 2.32. The molecule has 1 aliphatic rings. The first-order valence-electron chi connectivity index (χ1n) is 8.50. The normalized spacial score (nSPS) is 17.8. The van der Waals surface area contributed by atoms with E-state index in [-0.39, 0.29) is 17.9 Å². The average Bonchev–Trinajstić information content (AvgIpc) is 3.33. The first-order valence-corrected chi connectivity index (χ1v) is 8.50. The van der Waals surface area contributed by atoms with Gasteiger partial charge >= 0.3 is 0 Å². The molecular formula is C17H20N6O2. The van der Waals surface area contributed by atoms with Crippen LogP contribution in [-0.4, -0.2) is 42.7 Å². The lowest BCUT2D eigenvalue weighted by Crippen LogP contribution is -2.31. The highest BCUT2D eigenvalue weighted by atomic mass is 16.5. The number of H-pyrrole nitrogens is 1. The van der Waals surface area contributed by atoms with Crippen molar-refractivity contribution < 1.29 is 9.32 Å². The van der Waals surface area contributed by atoms with Gasteiger partial charge in [-0.15, -0.1) is 0 Å². The van der Waals surface area contributed by atoms with Crippen molar-refractivity contribution in [2.75, 3.05) is 6.54 Å². The molecule has 1 fully saturated rings. The third-order valence-electron chi connectivity index (χ3n) is 4.61. The molecule has 0 aromatic carbocycles. The summed E-state index contributed by atoms with van der Waals surface area (Å²) < 4.78 is 5.31. The maximum absolute atomic E-state index is 13.0. The van der Waals surface area contributed by atoms with Crippen LogP contribution in [0.25, 0.3) is 11.0 Å². The molecule has 4 rings (SSSR count). The summed E-state index contributed by atoms with van der Waals surface area (Å²) in [5, 5.41) is 11.9. The average molecular weight is 340 g/mol. The van der Waals surface area contributed by atoms with E-state index in [0.717, 1.165) is 23.9 Å². The second-order valence-electron chi connectivity index (χ2n) is 6.75. The topological polar surface area (TPSA) is 101 Å². The summed E-state index contributed by atoms with van der Waals surface area (Å²) in [6.07, 6.45) is 3.34. The van der Waals surface area contributed by atoms with Gasteiger partial charge in [-0.1, -0.05) is 19.0 Å². The number of pyridine rings is 1. The fourth-order valence-corrected chi connectivity index (χ4v) is 3.20. The fourth-order valence-electron chi connectivity index (χ4n) is 3.20. The molecular weight excluding hydrogens is 320 g/mol. The monoisotopic (exact) mass is 340 g/mol. The summed E-state index contributed by atoms with van der Waals surface area (Å²) in [5.74, 6) is 1.30. The number of aromatic amines is 1. The molecule has 0 spiro atoms. The van der Waals surface area contributed by atoms with E-state index in [0.29, 0.717) is 29.5 Å². The lowest BCUT2D eigenvalue weighted by atomic mass is 10.1. The van der Waals surface area contributed by atoms with Crippen LogP contribution in [0.4, 0.5) is 0 Å². The SMILES string of the molecule is Cc1[nH]nc2ncc(C(=O)N3CCC[C@H]3c3noc(C(C)C)n3)cc12. The Kier molecular flexibility index (Phi) is 3.74. The van der Waals surface area contributed by atoms with Gasteiger partial charge in [-0.25, -0.2) is 4.98 Å². The number of likely N-dealkylation sites (tertiary alicyclic amines) is 1. The number of fused-ring (bicyclic) bond motifs is 1. The predicted octanol–water partition coefficient (Wildman–Crippen LogP) is 2.75. The van der Waals surface area contributed by atoms with Crippen LogP contribution in [0.1, 0.15) is 66.4 Å². The minimum absolute atomic E-state index is 0.0617. The Balaban J connectivity index is 1.63. The third kappa shape index (κ3) is 2.67. The molecule has 0 saturated carbocycles. The Morgan fingerprint density at radius 3 is 3.04 bits per heavy atom. The predicted molar refractivity (Wildman–Crippen MR) is 90.0 cm³/mol. The molecule has 1 amide bonds. The number of aromatic nitrogens is 5. The lowest BCUT2D eigenvalue weighted by molar-refractivity contribution is 0.0728. The van der Waals surface area contributed by atoms with Crippen molar-refractivity contribution in [1.29, 1.82) is 0 Å². The molecule has 1 saturated heterocycles. The Morgan fingerprint density at radius 2 is 2.28 bits per heavy atom.